The van der Waals surface area contributed by atoms with Crippen molar-refractivity contribution >= 4 is 23.4 Å². The van der Waals surface area contributed by atoms with Crippen molar-refractivity contribution in [1.82, 2.24) is 5.32 Å². The summed E-state index contributed by atoms with van der Waals surface area (Å²) in [5.41, 5.74) is 2.15. The molecule has 0 spiro atoms. The van der Waals surface area contributed by atoms with Gasteiger partial charge in [-0.05, 0) is 36.8 Å². The summed E-state index contributed by atoms with van der Waals surface area (Å²) in [4.78, 5) is 16.3. The van der Waals surface area contributed by atoms with Gasteiger partial charge in [-0.15, -0.1) is 11.8 Å². The van der Waals surface area contributed by atoms with Crippen LogP contribution in [0, 0.1) is 0 Å². The number of hydrogen-bond acceptors (Lipinski definition) is 4. The average molecular weight is 378 g/mol. The highest BCUT2D eigenvalue weighted by Gasteiger charge is 2.32. The number of hydrogen-bond donors (Lipinski definition) is 1. The number of rotatable bonds is 5. The Morgan fingerprint density at radius 2 is 1.93 bits per heavy atom. The lowest BCUT2D eigenvalue weighted by molar-refractivity contribution is -0.118. The van der Waals surface area contributed by atoms with Crippen LogP contribution in [0.25, 0.3) is 0 Å². The quantitative estimate of drug-likeness (QED) is 0.692. The van der Waals surface area contributed by atoms with Gasteiger partial charge < -0.3 is 9.32 Å². The van der Waals surface area contributed by atoms with E-state index in [1.165, 1.54) is 0 Å². The molecule has 5 heteroatoms. The van der Waals surface area contributed by atoms with Crippen molar-refractivity contribution in [3.63, 3.8) is 0 Å². The van der Waals surface area contributed by atoms with E-state index in [9.17, 15) is 4.79 Å². The molecule has 2 aromatic carbocycles. The molecule has 2 unspecified atom stereocenters. The molecular weight excluding hydrogens is 356 g/mol. The Morgan fingerprint density at radius 1 is 1.15 bits per heavy atom. The topological polar surface area (TPSA) is 45.5 Å². The fraction of sp³-hybridized carbons (Fsp3) is 0.227. The van der Waals surface area contributed by atoms with Crippen molar-refractivity contribution < 1.29 is 9.21 Å². The second kappa shape index (κ2) is 8.03. The summed E-state index contributed by atoms with van der Waals surface area (Å²) in [6.45, 7) is 2.25. The number of anilines is 1. The van der Waals surface area contributed by atoms with E-state index in [1.807, 2.05) is 60.4 Å². The smallest absolute Gasteiger partial charge is 0.241 e. The van der Waals surface area contributed by atoms with Gasteiger partial charge in [-0.3, -0.25) is 10.1 Å². The number of furan rings is 1. The standard InChI is InChI=1S/C22H22N2O2S/c1-16(20-11-7-13-26-20)23-14-22(25)24-18-10-5-6-12-21(18)27-15-19(24)17-8-3-2-4-9-17/h2-13,16,19,23H,14-15H2,1H3. The number of thioether (sulfide) groups is 1. The third kappa shape index (κ3) is 3.80. The summed E-state index contributed by atoms with van der Waals surface area (Å²) in [5.74, 6) is 1.74. The van der Waals surface area contributed by atoms with E-state index in [2.05, 4.69) is 23.5 Å². The maximum atomic E-state index is 13.2. The second-order valence-corrected chi connectivity index (χ2v) is 7.65. The van der Waals surface area contributed by atoms with Gasteiger partial charge in [0.05, 0.1) is 30.6 Å². The van der Waals surface area contributed by atoms with Crippen molar-refractivity contribution in [2.24, 2.45) is 0 Å². The largest absolute Gasteiger partial charge is 0.468 e. The Kier molecular flexibility index (Phi) is 5.32. The van der Waals surface area contributed by atoms with E-state index in [0.717, 1.165) is 27.7 Å². The van der Waals surface area contributed by atoms with Gasteiger partial charge in [-0.25, -0.2) is 0 Å². The first-order chi connectivity index (χ1) is 13.2. The Bertz CT molecular complexity index is 896. The molecule has 0 fully saturated rings. The number of amides is 1. The summed E-state index contributed by atoms with van der Waals surface area (Å²) in [6.07, 6.45) is 1.65. The molecule has 3 aromatic rings. The maximum absolute atomic E-state index is 13.2. The molecule has 1 aromatic heterocycles. The minimum absolute atomic E-state index is 0.0199. The lowest BCUT2D eigenvalue weighted by atomic mass is 10.1. The molecule has 0 saturated heterocycles. The number of carbonyl (C=O) groups is 1. The fourth-order valence-electron chi connectivity index (χ4n) is 3.38. The Morgan fingerprint density at radius 3 is 2.70 bits per heavy atom. The summed E-state index contributed by atoms with van der Waals surface area (Å²) < 4.78 is 5.43. The maximum Gasteiger partial charge on any atom is 0.241 e. The normalized spacial score (nSPS) is 17.4. The molecule has 27 heavy (non-hydrogen) atoms. The molecule has 4 nitrogen and oxygen atoms in total. The molecule has 1 N–H and O–H groups in total. The van der Waals surface area contributed by atoms with Crippen LogP contribution in [0.2, 0.25) is 0 Å². The van der Waals surface area contributed by atoms with Gasteiger partial charge in [-0.1, -0.05) is 42.5 Å². The van der Waals surface area contributed by atoms with Gasteiger partial charge in [0, 0.05) is 10.6 Å². The van der Waals surface area contributed by atoms with E-state index in [4.69, 9.17) is 4.42 Å². The van der Waals surface area contributed by atoms with Crippen LogP contribution in [0.3, 0.4) is 0 Å². The molecular formula is C22H22N2O2S. The molecule has 0 radical (unpaired) electrons. The summed E-state index contributed by atoms with van der Waals surface area (Å²) in [7, 11) is 0. The monoisotopic (exact) mass is 378 g/mol. The first-order valence-corrected chi connectivity index (χ1v) is 10.1. The fourth-order valence-corrected chi connectivity index (χ4v) is 4.55. The highest BCUT2D eigenvalue weighted by Crippen LogP contribution is 2.43. The van der Waals surface area contributed by atoms with Gasteiger partial charge in [0.15, 0.2) is 0 Å². The molecule has 2 heterocycles. The number of para-hydroxylation sites is 1. The molecule has 0 saturated carbocycles. The van der Waals surface area contributed by atoms with Crippen LogP contribution in [0.4, 0.5) is 5.69 Å². The minimum atomic E-state index is -0.0199. The first kappa shape index (κ1) is 17.9. The van der Waals surface area contributed by atoms with Crippen LogP contribution in [-0.4, -0.2) is 18.2 Å². The highest BCUT2D eigenvalue weighted by molar-refractivity contribution is 7.99. The Balaban J connectivity index is 1.58. The third-order valence-electron chi connectivity index (χ3n) is 4.82. The number of carbonyl (C=O) groups excluding carboxylic acids is 1. The van der Waals surface area contributed by atoms with Crippen molar-refractivity contribution in [1.29, 1.82) is 0 Å². The molecule has 1 aliphatic heterocycles. The van der Waals surface area contributed by atoms with Crippen LogP contribution < -0.4 is 10.2 Å². The summed E-state index contributed by atoms with van der Waals surface area (Å²) in [6, 6.07) is 22.2. The summed E-state index contributed by atoms with van der Waals surface area (Å²) in [5, 5.41) is 3.29. The molecule has 4 rings (SSSR count). The zero-order valence-electron chi connectivity index (χ0n) is 15.2. The van der Waals surface area contributed by atoms with Crippen molar-refractivity contribution in [2.75, 3.05) is 17.2 Å². The van der Waals surface area contributed by atoms with Crippen LogP contribution in [0.5, 0.6) is 0 Å². The van der Waals surface area contributed by atoms with Crippen LogP contribution in [-0.2, 0) is 4.79 Å². The lowest BCUT2D eigenvalue weighted by Crippen LogP contribution is -2.43. The number of benzene rings is 2. The van der Waals surface area contributed by atoms with E-state index in [-0.39, 0.29) is 24.5 Å². The molecule has 138 valence electrons. The molecule has 0 aliphatic carbocycles. The SMILES string of the molecule is CC(NCC(=O)N1c2ccccc2SCC1c1ccccc1)c1ccco1. The molecule has 1 aliphatic rings. The number of nitrogens with zero attached hydrogens (tertiary/aromatic N) is 1. The Hall–Kier alpha value is -2.50. The number of fused-ring (bicyclic) bond motifs is 1. The van der Waals surface area contributed by atoms with Crippen molar-refractivity contribution in [3.05, 3.63) is 84.3 Å². The van der Waals surface area contributed by atoms with Gasteiger partial charge in [0.25, 0.3) is 0 Å². The first-order valence-electron chi connectivity index (χ1n) is 9.09. The Labute approximate surface area is 163 Å². The van der Waals surface area contributed by atoms with Gasteiger partial charge >= 0.3 is 0 Å². The van der Waals surface area contributed by atoms with Crippen LogP contribution in [0.1, 0.15) is 30.3 Å². The van der Waals surface area contributed by atoms with Crippen LogP contribution >= 0.6 is 11.8 Å². The third-order valence-corrected chi connectivity index (χ3v) is 5.95. The molecule has 2 atom stereocenters. The van der Waals surface area contributed by atoms with Gasteiger partial charge in [0.1, 0.15) is 5.76 Å². The molecule has 1 amide bonds. The lowest BCUT2D eigenvalue weighted by Gasteiger charge is -2.37. The van der Waals surface area contributed by atoms with Gasteiger partial charge in [-0.2, -0.15) is 0 Å². The zero-order valence-corrected chi connectivity index (χ0v) is 16.0. The van der Waals surface area contributed by atoms with E-state index in [1.54, 1.807) is 18.0 Å². The predicted octanol–water partition coefficient (Wildman–Crippen LogP) is 4.81. The van der Waals surface area contributed by atoms with Crippen LogP contribution in [0.15, 0.2) is 82.3 Å². The number of nitrogens with one attached hydrogen (secondary N) is 1. The van der Waals surface area contributed by atoms with Crippen molar-refractivity contribution in [2.45, 2.75) is 23.9 Å². The van der Waals surface area contributed by atoms with E-state index in [0.29, 0.717) is 0 Å². The highest BCUT2D eigenvalue weighted by atomic mass is 32.2. The van der Waals surface area contributed by atoms with Crippen molar-refractivity contribution in [3.8, 4) is 0 Å². The predicted molar refractivity (Wildman–Crippen MR) is 109 cm³/mol. The van der Waals surface area contributed by atoms with E-state index < -0.39 is 0 Å². The minimum Gasteiger partial charge on any atom is -0.468 e. The average Bonchev–Trinajstić information content (AvgIpc) is 3.26. The van der Waals surface area contributed by atoms with Gasteiger partial charge in [0.2, 0.25) is 5.91 Å². The summed E-state index contributed by atoms with van der Waals surface area (Å²) >= 11 is 1.81. The second-order valence-electron chi connectivity index (χ2n) is 6.59. The molecule has 0 bridgehead atoms. The zero-order chi connectivity index (χ0) is 18.6. The van der Waals surface area contributed by atoms with E-state index >= 15 is 0 Å².